The molecule has 0 rings (SSSR count). The topological polar surface area (TPSA) is 83.9 Å². The number of nitrogens with zero attached hydrogens (tertiary/aromatic N) is 1. The van der Waals surface area contributed by atoms with E-state index in [0.717, 1.165) is 4.90 Å². The summed E-state index contributed by atoms with van der Waals surface area (Å²) in [5.74, 6) is -1.65. The Bertz CT molecular complexity index is 300. The molecule has 0 heterocycles. The molecule has 0 spiro atoms. The number of amides is 1. The predicted molar refractivity (Wildman–Crippen MR) is 60.0 cm³/mol. The van der Waals surface area contributed by atoms with E-state index >= 15 is 0 Å². The summed E-state index contributed by atoms with van der Waals surface area (Å²) >= 11 is 0. The number of hydrogen-bond acceptors (Lipinski definition) is 4. The number of carbonyl (C=O) groups excluding carboxylic acids is 2. The van der Waals surface area contributed by atoms with E-state index in [9.17, 15) is 14.4 Å². The maximum atomic E-state index is 11.4. The van der Waals surface area contributed by atoms with Gasteiger partial charge in [-0.25, -0.2) is 0 Å². The zero-order valence-corrected chi connectivity index (χ0v) is 13.2. The van der Waals surface area contributed by atoms with Gasteiger partial charge in [0, 0.05) is 6.42 Å². The predicted octanol–water partition coefficient (Wildman–Crippen LogP) is 0.560. The molecular formula is C11H18FmNO5-. The van der Waals surface area contributed by atoms with Gasteiger partial charge in [0.1, 0.15) is 5.60 Å². The summed E-state index contributed by atoms with van der Waals surface area (Å²) in [7, 11) is 1.31. The van der Waals surface area contributed by atoms with Crippen LogP contribution in [0.15, 0.2) is 0 Å². The Morgan fingerprint density at radius 2 is 1.89 bits per heavy atom. The number of ether oxygens (including phenoxy) is 1. The maximum Gasteiger partial charge on any atom is 0.323 e. The van der Waals surface area contributed by atoms with Gasteiger partial charge in [-0.3, -0.25) is 9.59 Å². The van der Waals surface area contributed by atoms with Crippen molar-refractivity contribution >= 4 is 18.3 Å². The second kappa shape index (κ2) is 6.88. The van der Waals surface area contributed by atoms with E-state index in [1.165, 1.54) is 13.5 Å². The third kappa shape index (κ3) is 6.81. The fraction of sp³-hybridized carbons (Fsp3) is 0.727. The van der Waals surface area contributed by atoms with Gasteiger partial charge in [0.2, 0.25) is 0 Å². The third-order valence-corrected chi connectivity index (χ3v) is 1.94. The summed E-state index contributed by atoms with van der Waals surface area (Å²) in [6.45, 7) is 5.18. The second-order valence-electron chi connectivity index (χ2n) is 4.68. The van der Waals surface area contributed by atoms with Gasteiger partial charge in [-0.1, -0.05) is 0 Å². The van der Waals surface area contributed by atoms with E-state index < -0.39 is 23.6 Å². The first-order valence-corrected chi connectivity index (χ1v) is 5.22. The summed E-state index contributed by atoms with van der Waals surface area (Å²) < 4.78 is 5.03. The Morgan fingerprint density at radius 3 is 2.22 bits per heavy atom. The zero-order valence-electron chi connectivity index (χ0n) is 10.8. The number of aliphatic carboxylic acids is 1. The van der Waals surface area contributed by atoms with Crippen LogP contribution in [0.2, 0.25) is 0 Å². The number of carbonyl (C=O) groups is 2. The summed E-state index contributed by atoms with van der Waals surface area (Å²) in [6.07, 6.45) is 1.42. The molecule has 1 unspecified atom stereocenters. The van der Waals surface area contributed by atoms with Crippen molar-refractivity contribution in [3.05, 3.63) is 0 Å². The quantitative estimate of drug-likeness (QED) is 0.327. The van der Waals surface area contributed by atoms with Crippen molar-refractivity contribution in [2.24, 2.45) is 0 Å². The molecular weight excluding hydrogens is 483 g/mol. The van der Waals surface area contributed by atoms with E-state index in [1.54, 1.807) is 20.8 Å². The molecule has 0 radical (unpaired) electrons. The number of esters is 1. The Labute approximate surface area is 101 Å². The van der Waals surface area contributed by atoms with Gasteiger partial charge in [-0.2, -0.15) is 6.41 Å². The summed E-state index contributed by atoms with van der Waals surface area (Å²) in [5.41, 5.74) is -0.599. The molecule has 0 saturated carbocycles. The SMILES string of the molecule is CN([C-]=O)C(CCC(=O)OC(C)(C)C)C(=O)O.[Fm]. The van der Waals surface area contributed by atoms with Crippen molar-refractivity contribution in [2.45, 2.75) is 45.3 Å². The van der Waals surface area contributed by atoms with Crippen LogP contribution in [0.4, 0.5) is 0 Å². The summed E-state index contributed by atoms with van der Waals surface area (Å²) in [5, 5.41) is 8.85. The van der Waals surface area contributed by atoms with E-state index in [0.29, 0.717) is 0 Å². The van der Waals surface area contributed by atoms with Crippen LogP contribution in [0.1, 0.15) is 33.6 Å². The van der Waals surface area contributed by atoms with Crippen LogP contribution in [-0.4, -0.2) is 47.0 Å². The Kier molecular flexibility index (Phi) is 6.80. The van der Waals surface area contributed by atoms with Gasteiger partial charge < -0.3 is 19.5 Å². The minimum absolute atomic E-state index is 0. The largest absolute Gasteiger partial charge is 0.520 e. The molecule has 0 aliphatic heterocycles. The Hall–Kier alpha value is -2.59. The molecule has 6 nitrogen and oxygen atoms in total. The maximum absolute atomic E-state index is 11.4. The fourth-order valence-corrected chi connectivity index (χ4v) is 1.19. The van der Waals surface area contributed by atoms with E-state index in [4.69, 9.17) is 9.84 Å². The van der Waals surface area contributed by atoms with Gasteiger partial charge in [0.25, 0.3) is 0 Å². The summed E-state index contributed by atoms with van der Waals surface area (Å²) in [6, 6.07) is -1.06. The van der Waals surface area contributed by atoms with Crippen LogP contribution in [0.5, 0.6) is 0 Å². The van der Waals surface area contributed by atoms with Gasteiger partial charge in [0.15, 0.2) is 0 Å². The third-order valence-electron chi connectivity index (χ3n) is 1.94. The van der Waals surface area contributed by atoms with Crippen molar-refractivity contribution < 1.29 is 24.2 Å². The van der Waals surface area contributed by atoms with Crippen LogP contribution >= 0.6 is 0 Å². The van der Waals surface area contributed by atoms with Crippen molar-refractivity contribution in [3.8, 4) is 0 Å². The Morgan fingerprint density at radius 1 is 1.39 bits per heavy atom. The normalized spacial score (nSPS) is 12.0. The molecule has 7 heteroatoms. The number of likely N-dealkylation sites (N-methyl/N-ethyl adjacent to an activating group) is 1. The smallest absolute Gasteiger partial charge is 0.323 e. The van der Waals surface area contributed by atoms with Crippen LogP contribution in [0.3, 0.4) is 0 Å². The molecule has 0 aromatic rings. The minimum atomic E-state index is -1.17. The number of hydrogen-bond donors (Lipinski definition) is 1. The molecule has 0 bridgehead atoms. The number of rotatable bonds is 6. The first kappa shape index (κ1) is 17.8. The molecule has 1 atom stereocenters. The van der Waals surface area contributed by atoms with Crippen molar-refractivity contribution in [3.63, 3.8) is 0 Å². The molecule has 0 saturated heterocycles. The van der Waals surface area contributed by atoms with Crippen molar-refractivity contribution in [2.75, 3.05) is 7.05 Å². The van der Waals surface area contributed by atoms with E-state index in [2.05, 4.69) is 0 Å². The molecule has 110 valence electrons. The molecule has 0 aliphatic carbocycles. The zero-order chi connectivity index (χ0) is 13.6. The van der Waals surface area contributed by atoms with Crippen LogP contribution in [0, 0.1) is 0 Å². The molecule has 0 aromatic carbocycles. The van der Waals surface area contributed by atoms with E-state index in [1.807, 2.05) is 0 Å². The molecule has 0 aromatic heterocycles. The first-order chi connectivity index (χ1) is 7.67. The average Bonchev–Trinajstić information content (AvgIpc) is 2.14. The van der Waals surface area contributed by atoms with Gasteiger partial charge in [-0.15, -0.1) is 0 Å². The monoisotopic (exact) mass is 501 g/mol. The molecule has 1 amide bonds. The Balaban J connectivity index is 0. The number of carboxylic acid groups (broad SMARTS) is 1. The second-order valence-corrected chi connectivity index (χ2v) is 4.68. The van der Waals surface area contributed by atoms with Gasteiger partial charge >= 0.3 is 11.9 Å². The van der Waals surface area contributed by atoms with Crippen LogP contribution in [-0.2, 0) is 19.1 Å². The molecule has 0 aliphatic rings. The van der Waals surface area contributed by atoms with Crippen molar-refractivity contribution in [1.82, 2.24) is 4.90 Å². The fourth-order valence-electron chi connectivity index (χ4n) is 1.19. The van der Waals surface area contributed by atoms with Gasteiger partial charge in [0.05, 0.1) is 6.04 Å². The molecule has 0 fully saturated rings. The van der Waals surface area contributed by atoms with Crippen LogP contribution < -0.4 is 0 Å². The van der Waals surface area contributed by atoms with Gasteiger partial charge in [-0.05, 0) is 34.2 Å². The molecule has 1 N–H and O–H groups in total. The van der Waals surface area contributed by atoms with E-state index in [-0.39, 0.29) is 12.8 Å². The molecule has 18 heavy (non-hydrogen) atoms. The standard InChI is InChI=1S/C11H18NO5.Fm/c1-11(2,3)17-9(14)6-5-8(10(15)16)12(4)7-13;/h8H,5-6H2,1-4H3,(H,15,16);/q-1;. The van der Waals surface area contributed by atoms with Crippen LogP contribution in [0.25, 0.3) is 0 Å². The van der Waals surface area contributed by atoms with Crippen molar-refractivity contribution in [1.29, 1.82) is 0 Å². The average molecular weight is 501 g/mol. The summed E-state index contributed by atoms with van der Waals surface area (Å²) in [4.78, 5) is 33.4. The minimum Gasteiger partial charge on any atom is -0.520 e. The number of carboxylic acids is 1. The first-order valence-electron chi connectivity index (χ1n) is 5.22.